The molecule has 36 heavy (non-hydrogen) atoms. The van der Waals surface area contributed by atoms with Crippen LogP contribution in [-0.2, 0) is 10.2 Å². The van der Waals surface area contributed by atoms with E-state index in [0.29, 0.717) is 15.5 Å². The Labute approximate surface area is 225 Å². The van der Waals surface area contributed by atoms with Crippen LogP contribution < -0.4 is 10.2 Å². The van der Waals surface area contributed by atoms with E-state index in [1.54, 1.807) is 31.4 Å². The summed E-state index contributed by atoms with van der Waals surface area (Å²) in [6, 6.07) is 12.9. The van der Waals surface area contributed by atoms with Crippen LogP contribution in [0.25, 0.3) is 6.08 Å². The number of nitrogens with one attached hydrogen (secondary N) is 1. The first-order valence-corrected chi connectivity index (χ1v) is 14.0. The average molecular weight is 539 g/mol. The molecular formula is C28H27ClN2O3S2. The quantitative estimate of drug-likeness (QED) is 0.354. The fraction of sp³-hybridized carbons (Fsp3) is 0.393. The molecule has 5 aliphatic rings. The van der Waals surface area contributed by atoms with Crippen molar-refractivity contribution in [2.24, 2.45) is 17.8 Å². The SMILES string of the molecule is COc1ccc(C23CC4CC(CC(C4)C2)C3)cc1/C=C1/SC(=S)N(NC(=O)c2ccc(Cl)cc2)C1=O. The van der Waals surface area contributed by atoms with Crippen molar-refractivity contribution in [1.29, 1.82) is 0 Å². The molecule has 7 rings (SSSR count). The van der Waals surface area contributed by atoms with Crippen molar-refractivity contribution < 1.29 is 14.3 Å². The Morgan fingerprint density at radius 2 is 1.75 bits per heavy atom. The van der Waals surface area contributed by atoms with Crippen LogP contribution in [0.2, 0.25) is 5.02 Å². The monoisotopic (exact) mass is 538 g/mol. The summed E-state index contributed by atoms with van der Waals surface area (Å²) in [4.78, 5) is 26.3. The number of hydrogen-bond donors (Lipinski definition) is 1. The second-order valence-electron chi connectivity index (χ2n) is 10.6. The molecule has 0 atom stereocenters. The Morgan fingerprint density at radius 1 is 1.11 bits per heavy atom. The number of nitrogens with zero attached hydrogens (tertiary/aromatic N) is 1. The summed E-state index contributed by atoms with van der Waals surface area (Å²) in [7, 11) is 1.65. The number of halogens is 1. The maximum absolute atomic E-state index is 13.2. The van der Waals surface area contributed by atoms with E-state index < -0.39 is 5.91 Å². The first-order valence-electron chi connectivity index (χ1n) is 12.4. The van der Waals surface area contributed by atoms with E-state index in [-0.39, 0.29) is 15.6 Å². The summed E-state index contributed by atoms with van der Waals surface area (Å²) in [5.41, 5.74) is 5.49. The lowest BCUT2D eigenvalue weighted by molar-refractivity contribution is -0.123. The standard InChI is InChI=1S/C28H27ClN2O3S2/c1-34-23-7-4-21(28-13-16-8-17(14-28)10-18(9-16)15-28)11-20(23)12-24-26(33)31(27(35)36-24)30-25(32)19-2-5-22(29)6-3-19/h2-7,11-12,16-18H,8-10,13-15H2,1H3,(H,30,32)/b24-12+. The second-order valence-corrected chi connectivity index (χ2v) is 12.7. The van der Waals surface area contributed by atoms with Crippen LogP contribution in [0, 0.1) is 17.8 Å². The molecule has 8 heteroatoms. The van der Waals surface area contributed by atoms with Crippen molar-refractivity contribution in [2.45, 2.75) is 43.9 Å². The average Bonchev–Trinajstić information content (AvgIpc) is 3.11. The first-order chi connectivity index (χ1) is 17.3. The maximum Gasteiger partial charge on any atom is 0.285 e. The normalized spacial score (nSPS) is 29.8. The van der Waals surface area contributed by atoms with Crippen LogP contribution in [0.3, 0.4) is 0 Å². The predicted octanol–water partition coefficient (Wildman–Crippen LogP) is 6.36. The molecule has 1 N–H and O–H groups in total. The Morgan fingerprint density at radius 3 is 2.36 bits per heavy atom. The highest BCUT2D eigenvalue weighted by atomic mass is 35.5. The van der Waals surface area contributed by atoms with E-state index in [9.17, 15) is 9.59 Å². The summed E-state index contributed by atoms with van der Waals surface area (Å²) < 4.78 is 5.94. The third kappa shape index (κ3) is 4.25. The number of thiocarbonyl (C=S) groups is 1. The Kier molecular flexibility index (Phi) is 6.13. The summed E-state index contributed by atoms with van der Waals surface area (Å²) in [6.45, 7) is 0. The molecule has 0 spiro atoms. The zero-order chi connectivity index (χ0) is 25.0. The van der Waals surface area contributed by atoms with Gasteiger partial charge in [0.2, 0.25) is 0 Å². The number of ether oxygens (including phenoxy) is 1. The number of hydrogen-bond acceptors (Lipinski definition) is 5. The lowest BCUT2D eigenvalue weighted by Crippen LogP contribution is -2.48. The van der Waals surface area contributed by atoms with Gasteiger partial charge in [0.1, 0.15) is 5.75 Å². The molecule has 4 bridgehead atoms. The highest BCUT2D eigenvalue weighted by Gasteiger charge is 2.51. The third-order valence-electron chi connectivity index (χ3n) is 8.28. The van der Waals surface area contributed by atoms with E-state index in [0.717, 1.165) is 34.1 Å². The highest BCUT2D eigenvalue weighted by Crippen LogP contribution is 2.61. The van der Waals surface area contributed by atoms with Crippen molar-refractivity contribution in [3.8, 4) is 5.75 Å². The van der Waals surface area contributed by atoms with Crippen molar-refractivity contribution in [3.63, 3.8) is 0 Å². The van der Waals surface area contributed by atoms with Crippen LogP contribution in [0.1, 0.15) is 60.0 Å². The molecular weight excluding hydrogens is 512 g/mol. The van der Waals surface area contributed by atoms with Gasteiger partial charge >= 0.3 is 0 Å². The first kappa shape index (κ1) is 24.0. The second kappa shape index (κ2) is 9.19. The molecule has 186 valence electrons. The molecule has 2 amide bonds. The minimum absolute atomic E-state index is 0.245. The van der Waals surface area contributed by atoms with Crippen molar-refractivity contribution in [1.82, 2.24) is 10.4 Å². The van der Waals surface area contributed by atoms with Gasteiger partial charge in [0.25, 0.3) is 11.8 Å². The van der Waals surface area contributed by atoms with Crippen LogP contribution in [0.4, 0.5) is 0 Å². The van der Waals surface area contributed by atoms with Gasteiger partial charge in [0, 0.05) is 16.1 Å². The van der Waals surface area contributed by atoms with Gasteiger partial charge in [-0.25, -0.2) is 0 Å². The maximum atomic E-state index is 13.2. The smallest absolute Gasteiger partial charge is 0.285 e. The van der Waals surface area contributed by atoms with Gasteiger partial charge in [-0.05, 0) is 122 Å². The summed E-state index contributed by atoms with van der Waals surface area (Å²) in [5, 5.41) is 1.67. The Hall–Kier alpha value is -2.35. The molecule has 0 unspecified atom stereocenters. The molecule has 4 saturated carbocycles. The molecule has 4 aliphatic carbocycles. The van der Waals surface area contributed by atoms with Crippen molar-refractivity contribution in [2.75, 3.05) is 7.11 Å². The van der Waals surface area contributed by atoms with E-state index in [1.165, 1.54) is 55.9 Å². The third-order valence-corrected chi connectivity index (χ3v) is 9.83. The molecule has 5 fully saturated rings. The molecule has 0 radical (unpaired) electrons. The zero-order valence-electron chi connectivity index (χ0n) is 20.0. The van der Waals surface area contributed by atoms with Crippen molar-refractivity contribution >= 4 is 57.8 Å². The van der Waals surface area contributed by atoms with Crippen LogP contribution in [0.5, 0.6) is 5.75 Å². The van der Waals surface area contributed by atoms with Gasteiger partial charge in [-0.2, -0.15) is 5.01 Å². The number of methoxy groups -OCH3 is 1. The van der Waals surface area contributed by atoms with Gasteiger partial charge in [0.05, 0.1) is 12.0 Å². The summed E-state index contributed by atoms with van der Waals surface area (Å²) in [6.07, 6.45) is 9.83. The van der Waals surface area contributed by atoms with E-state index in [2.05, 4.69) is 17.6 Å². The number of amides is 2. The summed E-state index contributed by atoms with van der Waals surface area (Å²) in [5.74, 6) is 2.49. The number of carbonyl (C=O) groups excluding carboxylic acids is 2. The highest BCUT2D eigenvalue weighted by molar-refractivity contribution is 8.26. The molecule has 1 saturated heterocycles. The van der Waals surface area contributed by atoms with Gasteiger partial charge in [-0.3, -0.25) is 15.0 Å². The number of rotatable bonds is 5. The fourth-order valence-corrected chi connectivity index (χ4v) is 8.41. The lowest BCUT2D eigenvalue weighted by Gasteiger charge is -2.57. The van der Waals surface area contributed by atoms with Crippen LogP contribution in [0.15, 0.2) is 47.4 Å². The van der Waals surface area contributed by atoms with Crippen molar-refractivity contribution in [3.05, 3.63) is 69.1 Å². The van der Waals surface area contributed by atoms with E-state index in [1.807, 2.05) is 12.1 Å². The fourth-order valence-electron chi connectivity index (χ4n) is 7.11. The number of benzene rings is 2. The molecule has 1 heterocycles. The number of hydrazine groups is 1. The van der Waals surface area contributed by atoms with E-state index >= 15 is 0 Å². The van der Waals surface area contributed by atoms with Gasteiger partial charge in [-0.1, -0.05) is 29.4 Å². The Balaban J connectivity index is 1.26. The zero-order valence-corrected chi connectivity index (χ0v) is 22.3. The Bertz CT molecular complexity index is 1250. The van der Waals surface area contributed by atoms with Gasteiger partial charge in [0.15, 0.2) is 4.32 Å². The molecule has 2 aromatic carbocycles. The minimum Gasteiger partial charge on any atom is -0.496 e. The van der Waals surface area contributed by atoms with Gasteiger partial charge in [-0.15, -0.1) is 0 Å². The largest absolute Gasteiger partial charge is 0.496 e. The van der Waals surface area contributed by atoms with Crippen LogP contribution >= 0.6 is 35.6 Å². The summed E-state index contributed by atoms with van der Waals surface area (Å²) >= 11 is 12.5. The molecule has 5 nitrogen and oxygen atoms in total. The van der Waals surface area contributed by atoms with Crippen LogP contribution in [-0.4, -0.2) is 28.3 Å². The lowest BCUT2D eigenvalue weighted by atomic mass is 9.48. The molecule has 2 aromatic rings. The minimum atomic E-state index is -0.425. The molecule has 1 aliphatic heterocycles. The van der Waals surface area contributed by atoms with Gasteiger partial charge < -0.3 is 4.74 Å². The number of carbonyl (C=O) groups is 2. The topological polar surface area (TPSA) is 58.6 Å². The number of thioether (sulfide) groups is 1. The van der Waals surface area contributed by atoms with E-state index in [4.69, 9.17) is 28.6 Å². The predicted molar refractivity (Wildman–Crippen MR) is 147 cm³/mol. The molecule has 0 aromatic heterocycles.